The molecule has 2 rings (SSSR count). The molecular weight excluding hydrogens is 212 g/mol. The number of nitrogens with one attached hydrogen (secondary N) is 1. The molecule has 0 aliphatic rings. The summed E-state index contributed by atoms with van der Waals surface area (Å²) < 4.78 is 21.6. The van der Waals surface area contributed by atoms with Crippen LogP contribution in [0.15, 0.2) is 36.5 Å². The van der Waals surface area contributed by atoms with Gasteiger partial charge in [-0.2, -0.15) is 0 Å². The average molecular weight is 222 g/mol. The summed E-state index contributed by atoms with van der Waals surface area (Å²) in [7, 11) is 0. The first-order chi connectivity index (χ1) is 7.27. The highest BCUT2D eigenvalue weighted by atomic mass is 32.2. The Bertz CT molecular complexity index is 496. The Hall–Kier alpha value is -1.30. The minimum atomic E-state index is -1.99. The second-order valence-electron chi connectivity index (χ2n) is 3.06. The molecule has 78 valence electrons. The van der Waals surface area contributed by atoms with Gasteiger partial charge in [0.05, 0.1) is 5.52 Å². The first-order valence-corrected chi connectivity index (χ1v) is 5.55. The monoisotopic (exact) mass is 222 g/mol. The number of para-hydroxylation sites is 1. The van der Waals surface area contributed by atoms with E-state index in [9.17, 15) is 4.21 Å². The van der Waals surface area contributed by atoms with Crippen molar-refractivity contribution in [2.45, 2.75) is 6.54 Å². The lowest BCUT2D eigenvalue weighted by molar-refractivity contribution is 0.549. The van der Waals surface area contributed by atoms with Crippen LogP contribution in [0.3, 0.4) is 0 Å². The maximum absolute atomic E-state index is 10.5. The van der Waals surface area contributed by atoms with Crippen LogP contribution in [-0.4, -0.2) is 13.7 Å². The zero-order chi connectivity index (χ0) is 10.7. The van der Waals surface area contributed by atoms with Crippen LogP contribution < -0.4 is 4.72 Å². The molecule has 1 heterocycles. The molecule has 5 heteroatoms. The Morgan fingerprint density at radius 3 is 2.93 bits per heavy atom. The lowest BCUT2D eigenvalue weighted by Crippen LogP contribution is -2.15. The number of benzene rings is 1. The van der Waals surface area contributed by atoms with E-state index in [2.05, 4.69) is 9.71 Å². The van der Waals surface area contributed by atoms with Gasteiger partial charge in [-0.1, -0.05) is 24.3 Å². The Labute approximate surface area is 89.8 Å². The molecule has 0 aliphatic carbocycles. The van der Waals surface area contributed by atoms with E-state index in [4.69, 9.17) is 4.55 Å². The highest BCUT2D eigenvalue weighted by Crippen LogP contribution is 2.15. The summed E-state index contributed by atoms with van der Waals surface area (Å²) in [4.78, 5) is 4.24. The Morgan fingerprint density at radius 2 is 2.13 bits per heavy atom. The fourth-order valence-corrected chi connectivity index (χ4v) is 1.73. The van der Waals surface area contributed by atoms with Gasteiger partial charge in [-0.3, -0.25) is 9.54 Å². The smallest absolute Gasteiger partial charge is 0.232 e. The molecule has 1 aromatic heterocycles. The van der Waals surface area contributed by atoms with Crippen molar-refractivity contribution < 1.29 is 8.76 Å². The molecule has 0 amide bonds. The van der Waals surface area contributed by atoms with Gasteiger partial charge in [-0.25, -0.2) is 8.93 Å². The van der Waals surface area contributed by atoms with Crippen molar-refractivity contribution in [1.82, 2.24) is 9.71 Å². The van der Waals surface area contributed by atoms with Gasteiger partial charge in [-0.05, 0) is 11.6 Å². The Morgan fingerprint density at radius 1 is 1.33 bits per heavy atom. The highest BCUT2D eigenvalue weighted by molar-refractivity contribution is 7.77. The third-order valence-corrected chi connectivity index (χ3v) is 2.49. The van der Waals surface area contributed by atoms with Gasteiger partial charge in [0.1, 0.15) is 0 Å². The van der Waals surface area contributed by atoms with Crippen molar-refractivity contribution in [2.75, 3.05) is 0 Å². The van der Waals surface area contributed by atoms with E-state index < -0.39 is 11.3 Å². The third-order valence-electron chi connectivity index (χ3n) is 2.10. The molecule has 0 bridgehead atoms. The molecule has 0 saturated heterocycles. The first kappa shape index (κ1) is 10.2. The summed E-state index contributed by atoms with van der Waals surface area (Å²) in [5, 5.41) is 1.03. The van der Waals surface area contributed by atoms with Crippen LogP contribution in [-0.2, 0) is 17.8 Å². The normalized spacial score (nSPS) is 12.9. The van der Waals surface area contributed by atoms with E-state index in [0.717, 1.165) is 16.5 Å². The number of hydrogen-bond donors (Lipinski definition) is 2. The van der Waals surface area contributed by atoms with Crippen LogP contribution in [0.2, 0.25) is 0 Å². The van der Waals surface area contributed by atoms with Gasteiger partial charge in [0.2, 0.25) is 11.3 Å². The summed E-state index contributed by atoms with van der Waals surface area (Å²) in [6, 6.07) is 9.57. The molecule has 0 spiro atoms. The SMILES string of the molecule is O=S(O)NCc1cccc2cccnc12. The summed E-state index contributed by atoms with van der Waals surface area (Å²) in [6.45, 7) is 0.331. The zero-order valence-electron chi connectivity index (χ0n) is 7.88. The molecule has 0 saturated carbocycles. The van der Waals surface area contributed by atoms with Gasteiger partial charge in [-0.15, -0.1) is 0 Å². The number of nitrogens with zero attached hydrogens (tertiary/aromatic N) is 1. The second-order valence-corrected chi connectivity index (χ2v) is 3.85. The van der Waals surface area contributed by atoms with Crippen molar-refractivity contribution in [2.24, 2.45) is 0 Å². The number of fused-ring (bicyclic) bond motifs is 1. The fraction of sp³-hybridized carbons (Fsp3) is 0.100. The van der Waals surface area contributed by atoms with Crippen molar-refractivity contribution in [1.29, 1.82) is 0 Å². The standard InChI is InChI=1S/C10H10N2O2S/c13-15(14)12-7-9-4-1-3-8-5-2-6-11-10(8)9/h1-6,12H,7H2,(H,13,14). The summed E-state index contributed by atoms with van der Waals surface area (Å²) in [5.74, 6) is 0. The highest BCUT2D eigenvalue weighted by Gasteiger charge is 2.01. The largest absolute Gasteiger partial charge is 0.294 e. The summed E-state index contributed by atoms with van der Waals surface area (Å²) in [6.07, 6.45) is 1.71. The Balaban J connectivity index is 2.38. The van der Waals surface area contributed by atoms with Gasteiger partial charge in [0.25, 0.3) is 0 Å². The van der Waals surface area contributed by atoms with E-state index in [1.807, 2.05) is 30.3 Å². The van der Waals surface area contributed by atoms with Crippen LogP contribution in [0, 0.1) is 0 Å². The van der Waals surface area contributed by atoms with E-state index in [1.165, 1.54) is 0 Å². The van der Waals surface area contributed by atoms with Crippen LogP contribution in [0.4, 0.5) is 0 Å². The maximum Gasteiger partial charge on any atom is 0.232 e. The Kier molecular flexibility index (Phi) is 3.05. The predicted octanol–water partition coefficient (Wildman–Crippen LogP) is 1.46. The van der Waals surface area contributed by atoms with E-state index >= 15 is 0 Å². The minimum Gasteiger partial charge on any atom is -0.294 e. The molecule has 0 radical (unpaired) electrons. The molecular formula is C10H10N2O2S. The van der Waals surface area contributed by atoms with E-state index in [-0.39, 0.29) is 0 Å². The molecule has 2 aromatic rings. The topological polar surface area (TPSA) is 62.2 Å². The number of rotatable bonds is 3. The molecule has 2 N–H and O–H groups in total. The fourth-order valence-electron chi connectivity index (χ4n) is 1.45. The second kappa shape index (κ2) is 4.48. The quantitative estimate of drug-likeness (QED) is 0.773. The minimum absolute atomic E-state index is 0.331. The molecule has 1 aromatic carbocycles. The average Bonchev–Trinajstić information content (AvgIpc) is 2.26. The van der Waals surface area contributed by atoms with E-state index in [0.29, 0.717) is 6.54 Å². The third kappa shape index (κ3) is 2.38. The molecule has 15 heavy (non-hydrogen) atoms. The molecule has 1 unspecified atom stereocenters. The van der Waals surface area contributed by atoms with Crippen molar-refractivity contribution >= 4 is 22.2 Å². The lowest BCUT2D eigenvalue weighted by Gasteiger charge is -2.04. The molecule has 0 aliphatic heterocycles. The first-order valence-electron chi connectivity index (χ1n) is 4.44. The van der Waals surface area contributed by atoms with Crippen LogP contribution in [0.5, 0.6) is 0 Å². The summed E-state index contributed by atoms with van der Waals surface area (Å²) >= 11 is -1.99. The van der Waals surface area contributed by atoms with Crippen molar-refractivity contribution in [3.8, 4) is 0 Å². The summed E-state index contributed by atoms with van der Waals surface area (Å²) in [5.41, 5.74) is 1.77. The van der Waals surface area contributed by atoms with Crippen molar-refractivity contribution in [3.63, 3.8) is 0 Å². The molecule has 0 fully saturated rings. The van der Waals surface area contributed by atoms with Crippen molar-refractivity contribution in [3.05, 3.63) is 42.1 Å². The maximum atomic E-state index is 10.5. The van der Waals surface area contributed by atoms with Gasteiger partial charge < -0.3 is 0 Å². The lowest BCUT2D eigenvalue weighted by atomic mass is 10.1. The van der Waals surface area contributed by atoms with Gasteiger partial charge in [0, 0.05) is 18.1 Å². The van der Waals surface area contributed by atoms with Crippen LogP contribution >= 0.6 is 0 Å². The number of aromatic nitrogens is 1. The van der Waals surface area contributed by atoms with Crippen LogP contribution in [0.25, 0.3) is 10.9 Å². The predicted molar refractivity (Wildman–Crippen MR) is 59.4 cm³/mol. The number of pyridine rings is 1. The number of hydrogen-bond acceptors (Lipinski definition) is 2. The molecule has 1 atom stereocenters. The zero-order valence-corrected chi connectivity index (χ0v) is 8.70. The van der Waals surface area contributed by atoms with Gasteiger partial charge >= 0.3 is 0 Å². The molecule has 4 nitrogen and oxygen atoms in total. The van der Waals surface area contributed by atoms with Gasteiger partial charge in [0.15, 0.2) is 0 Å². The van der Waals surface area contributed by atoms with Crippen LogP contribution in [0.1, 0.15) is 5.56 Å². The van der Waals surface area contributed by atoms with E-state index in [1.54, 1.807) is 6.20 Å².